The number of halogens is 2. The first-order valence-corrected chi connectivity index (χ1v) is 12.0. The molecule has 0 unspecified atom stereocenters. The lowest BCUT2D eigenvalue weighted by atomic mass is 9.97. The van der Waals surface area contributed by atoms with Crippen LogP contribution >= 0.6 is 11.6 Å². The molecule has 1 aliphatic rings. The van der Waals surface area contributed by atoms with Gasteiger partial charge in [-0.05, 0) is 54.8 Å². The van der Waals surface area contributed by atoms with Crippen LogP contribution in [0.25, 0.3) is 0 Å². The van der Waals surface area contributed by atoms with Crippen LogP contribution in [-0.4, -0.2) is 41.5 Å². The first-order chi connectivity index (χ1) is 15.3. The second-order valence-electron chi connectivity index (χ2n) is 7.65. The SMILES string of the molecule is O=C(Nc1ccn(Cc2ccc(F)cc2)n1)C1CCN(S(=O)(=O)c2ccc(Cl)cc2)CC1. The zero-order valence-electron chi connectivity index (χ0n) is 17.1. The summed E-state index contributed by atoms with van der Waals surface area (Å²) < 4.78 is 41.7. The molecule has 0 aliphatic carbocycles. The number of piperidine rings is 1. The van der Waals surface area contributed by atoms with E-state index in [1.54, 1.807) is 41.2 Å². The molecule has 1 fully saturated rings. The summed E-state index contributed by atoms with van der Waals surface area (Å²) in [5.74, 6) is -0.350. The van der Waals surface area contributed by atoms with Crippen molar-refractivity contribution < 1.29 is 17.6 Å². The van der Waals surface area contributed by atoms with E-state index in [1.165, 1.54) is 28.6 Å². The molecule has 1 N–H and O–H groups in total. The minimum absolute atomic E-state index is 0.180. The first kappa shape index (κ1) is 22.4. The number of carbonyl (C=O) groups excluding carboxylic acids is 1. The Bertz CT molecular complexity index is 1190. The normalized spacial score (nSPS) is 15.6. The molecule has 3 aromatic rings. The van der Waals surface area contributed by atoms with Gasteiger partial charge in [0.15, 0.2) is 5.82 Å². The Morgan fingerprint density at radius 2 is 1.72 bits per heavy atom. The van der Waals surface area contributed by atoms with Crippen LogP contribution in [0.3, 0.4) is 0 Å². The Hall–Kier alpha value is -2.75. The number of aromatic nitrogens is 2. The number of benzene rings is 2. The number of nitrogens with zero attached hydrogens (tertiary/aromatic N) is 3. The van der Waals surface area contributed by atoms with E-state index in [4.69, 9.17) is 11.6 Å². The van der Waals surface area contributed by atoms with E-state index in [0.29, 0.717) is 30.2 Å². The molecule has 1 aromatic heterocycles. The number of sulfonamides is 1. The molecule has 168 valence electrons. The summed E-state index contributed by atoms with van der Waals surface area (Å²) in [6.45, 7) is 0.987. The van der Waals surface area contributed by atoms with Crippen molar-refractivity contribution in [3.63, 3.8) is 0 Å². The van der Waals surface area contributed by atoms with Gasteiger partial charge in [0.05, 0.1) is 11.4 Å². The molecule has 2 aromatic carbocycles. The average molecular weight is 477 g/mol. The highest BCUT2D eigenvalue weighted by molar-refractivity contribution is 7.89. The fourth-order valence-corrected chi connectivity index (χ4v) is 5.23. The fraction of sp³-hybridized carbons (Fsp3) is 0.273. The number of amides is 1. The van der Waals surface area contributed by atoms with Gasteiger partial charge in [0.25, 0.3) is 0 Å². The quantitative estimate of drug-likeness (QED) is 0.587. The highest BCUT2D eigenvalue weighted by atomic mass is 35.5. The standard InChI is InChI=1S/C22H22ClFN4O3S/c23-18-3-7-20(8-4-18)32(30,31)28-13-9-17(10-14-28)22(29)25-21-11-12-27(26-21)15-16-1-5-19(24)6-2-16/h1-8,11-12,17H,9-10,13-15H2,(H,25,26,29). The monoisotopic (exact) mass is 476 g/mol. The topological polar surface area (TPSA) is 84.3 Å². The van der Waals surface area contributed by atoms with Crippen molar-refractivity contribution in [2.45, 2.75) is 24.3 Å². The van der Waals surface area contributed by atoms with Gasteiger partial charge in [0.2, 0.25) is 15.9 Å². The number of hydrogen-bond acceptors (Lipinski definition) is 4. The van der Waals surface area contributed by atoms with Gasteiger partial charge < -0.3 is 5.32 Å². The summed E-state index contributed by atoms with van der Waals surface area (Å²) in [4.78, 5) is 12.8. The van der Waals surface area contributed by atoms with Gasteiger partial charge in [0, 0.05) is 36.3 Å². The van der Waals surface area contributed by atoms with Gasteiger partial charge in [0.1, 0.15) is 5.82 Å². The van der Waals surface area contributed by atoms with Crippen LogP contribution in [0.15, 0.2) is 65.7 Å². The van der Waals surface area contributed by atoms with Crippen LogP contribution < -0.4 is 5.32 Å². The minimum Gasteiger partial charge on any atom is -0.309 e. The van der Waals surface area contributed by atoms with Crippen molar-refractivity contribution in [3.05, 3.63) is 77.2 Å². The van der Waals surface area contributed by atoms with Gasteiger partial charge >= 0.3 is 0 Å². The molecule has 0 atom stereocenters. The predicted molar refractivity (Wildman–Crippen MR) is 119 cm³/mol. The third kappa shape index (κ3) is 5.17. The van der Waals surface area contributed by atoms with Crippen LogP contribution in [0.1, 0.15) is 18.4 Å². The summed E-state index contributed by atoms with van der Waals surface area (Å²) in [7, 11) is -3.61. The fourth-order valence-electron chi connectivity index (χ4n) is 3.64. The Labute approximate surface area is 190 Å². The number of carbonyl (C=O) groups is 1. The minimum atomic E-state index is -3.61. The third-order valence-electron chi connectivity index (χ3n) is 5.43. The largest absolute Gasteiger partial charge is 0.309 e. The van der Waals surface area contributed by atoms with E-state index in [2.05, 4.69) is 10.4 Å². The molecule has 0 radical (unpaired) electrons. The number of rotatable bonds is 6. The molecular weight excluding hydrogens is 455 g/mol. The van der Waals surface area contributed by atoms with E-state index < -0.39 is 10.0 Å². The lowest BCUT2D eigenvalue weighted by Crippen LogP contribution is -2.41. The Morgan fingerprint density at radius 3 is 2.38 bits per heavy atom. The molecule has 0 bridgehead atoms. The smallest absolute Gasteiger partial charge is 0.243 e. The van der Waals surface area contributed by atoms with E-state index in [1.807, 2.05) is 0 Å². The summed E-state index contributed by atoms with van der Waals surface area (Å²) in [5, 5.41) is 7.61. The molecule has 1 amide bonds. The van der Waals surface area contributed by atoms with E-state index >= 15 is 0 Å². The number of nitrogens with one attached hydrogen (secondary N) is 1. The van der Waals surface area contributed by atoms with Crippen LogP contribution in [-0.2, 0) is 21.4 Å². The number of anilines is 1. The maximum absolute atomic E-state index is 13.0. The molecule has 0 saturated carbocycles. The van der Waals surface area contributed by atoms with Gasteiger partial charge in [-0.1, -0.05) is 23.7 Å². The molecule has 0 spiro atoms. The molecular formula is C22H22ClFN4O3S. The van der Waals surface area contributed by atoms with Crippen molar-refractivity contribution in [1.29, 1.82) is 0 Å². The van der Waals surface area contributed by atoms with Gasteiger partial charge in [-0.2, -0.15) is 9.40 Å². The Kier molecular flexibility index (Phi) is 6.59. The number of hydrogen-bond donors (Lipinski definition) is 1. The maximum atomic E-state index is 13.0. The lowest BCUT2D eigenvalue weighted by molar-refractivity contribution is -0.120. The molecule has 2 heterocycles. The summed E-state index contributed by atoms with van der Waals surface area (Å²) >= 11 is 5.84. The second kappa shape index (κ2) is 9.40. The second-order valence-corrected chi connectivity index (χ2v) is 10.0. The summed E-state index contributed by atoms with van der Waals surface area (Å²) in [5.41, 5.74) is 0.890. The van der Waals surface area contributed by atoms with Gasteiger partial charge in [-0.25, -0.2) is 12.8 Å². The molecule has 1 saturated heterocycles. The highest BCUT2D eigenvalue weighted by Gasteiger charge is 2.32. The summed E-state index contributed by atoms with van der Waals surface area (Å²) in [6.07, 6.45) is 2.59. The molecule has 1 aliphatic heterocycles. The van der Waals surface area contributed by atoms with Crippen molar-refractivity contribution in [2.75, 3.05) is 18.4 Å². The van der Waals surface area contributed by atoms with Crippen molar-refractivity contribution in [2.24, 2.45) is 5.92 Å². The molecule has 10 heteroatoms. The van der Waals surface area contributed by atoms with E-state index in [9.17, 15) is 17.6 Å². The van der Waals surface area contributed by atoms with Crippen molar-refractivity contribution >= 4 is 33.3 Å². The molecule has 7 nitrogen and oxygen atoms in total. The maximum Gasteiger partial charge on any atom is 0.243 e. The predicted octanol–water partition coefficient (Wildman–Crippen LogP) is 3.76. The van der Waals surface area contributed by atoms with Crippen molar-refractivity contribution in [3.8, 4) is 0 Å². The zero-order valence-corrected chi connectivity index (χ0v) is 18.7. The van der Waals surface area contributed by atoms with E-state index in [0.717, 1.165) is 5.56 Å². The lowest BCUT2D eigenvalue weighted by Gasteiger charge is -2.30. The third-order valence-corrected chi connectivity index (χ3v) is 7.59. The zero-order chi connectivity index (χ0) is 22.7. The van der Waals surface area contributed by atoms with E-state index in [-0.39, 0.29) is 35.6 Å². The van der Waals surface area contributed by atoms with Crippen LogP contribution in [0, 0.1) is 11.7 Å². The average Bonchev–Trinajstić information content (AvgIpc) is 3.22. The molecule has 4 rings (SSSR count). The van der Waals surface area contributed by atoms with Crippen LogP contribution in [0.5, 0.6) is 0 Å². The Balaban J connectivity index is 1.31. The molecule has 32 heavy (non-hydrogen) atoms. The van der Waals surface area contributed by atoms with Crippen LogP contribution in [0.2, 0.25) is 5.02 Å². The van der Waals surface area contributed by atoms with Gasteiger partial charge in [-0.15, -0.1) is 0 Å². The van der Waals surface area contributed by atoms with Gasteiger partial charge in [-0.3, -0.25) is 9.48 Å². The highest BCUT2D eigenvalue weighted by Crippen LogP contribution is 2.25. The summed E-state index contributed by atoms with van der Waals surface area (Å²) in [6, 6.07) is 13.9. The van der Waals surface area contributed by atoms with Crippen molar-refractivity contribution in [1.82, 2.24) is 14.1 Å². The van der Waals surface area contributed by atoms with Crippen LogP contribution in [0.4, 0.5) is 10.2 Å². The first-order valence-electron chi connectivity index (χ1n) is 10.2. The Morgan fingerprint density at radius 1 is 1.06 bits per heavy atom.